The summed E-state index contributed by atoms with van der Waals surface area (Å²) in [5.74, 6) is -1.40. The summed E-state index contributed by atoms with van der Waals surface area (Å²) in [7, 11) is -5.15. The van der Waals surface area contributed by atoms with Gasteiger partial charge in [0, 0.05) is 12.5 Å². The average Bonchev–Trinajstić information content (AvgIpc) is 3.31. The molecule has 14 heteroatoms. The van der Waals surface area contributed by atoms with Crippen LogP contribution in [0, 0.1) is 0 Å². The molecule has 0 saturated heterocycles. The molecule has 0 radical (unpaired) electrons. The van der Waals surface area contributed by atoms with Gasteiger partial charge in [-0.3, -0.25) is 13.8 Å². The van der Waals surface area contributed by atoms with Crippen molar-refractivity contribution in [3.63, 3.8) is 0 Å². The zero-order valence-corrected chi connectivity index (χ0v) is 42.6. The summed E-state index contributed by atoms with van der Waals surface area (Å²) in [5, 5.41) is 50.2. The van der Waals surface area contributed by atoms with E-state index in [-0.39, 0.29) is 6.42 Å². The summed E-state index contributed by atoms with van der Waals surface area (Å²) in [6.45, 7) is 3.19. The third-order valence-corrected chi connectivity index (χ3v) is 13.2. The molecule has 6 unspecified atom stereocenters. The number of esters is 2. The summed E-state index contributed by atoms with van der Waals surface area (Å²) in [6.07, 6.45) is 39.5. The van der Waals surface area contributed by atoms with E-state index in [1.54, 1.807) is 12.2 Å². The van der Waals surface area contributed by atoms with Crippen molar-refractivity contribution in [2.75, 3.05) is 13.2 Å². The highest BCUT2D eigenvalue weighted by molar-refractivity contribution is 7.47. The lowest BCUT2D eigenvalue weighted by Gasteiger charge is -2.41. The molecule has 0 spiro atoms. The molecule has 13 nitrogen and oxygen atoms in total. The summed E-state index contributed by atoms with van der Waals surface area (Å²) < 4.78 is 33.4. The predicted octanol–water partition coefficient (Wildman–Crippen LogP) is 11.5. The second-order valence-corrected chi connectivity index (χ2v) is 19.8. The van der Waals surface area contributed by atoms with Crippen LogP contribution >= 0.6 is 7.82 Å². The monoisotopic (exact) mass is 971 g/mol. The number of allylic oxidation sites excluding steroid dienone is 7. The van der Waals surface area contributed by atoms with Gasteiger partial charge in [-0.15, -0.1) is 0 Å². The molecular weight excluding hydrogens is 876 g/mol. The molecule has 0 heterocycles. The van der Waals surface area contributed by atoms with Crippen LogP contribution in [-0.4, -0.2) is 98.3 Å². The number of ether oxygens (including phenoxy) is 2. The van der Waals surface area contributed by atoms with Gasteiger partial charge in [-0.05, 0) is 51.4 Å². The lowest BCUT2D eigenvalue weighted by atomic mass is 9.85. The Morgan fingerprint density at radius 2 is 0.881 bits per heavy atom. The van der Waals surface area contributed by atoms with Gasteiger partial charge in [-0.1, -0.05) is 204 Å². The van der Waals surface area contributed by atoms with E-state index >= 15 is 0 Å². The molecule has 1 aliphatic rings. The Bertz CT molecular complexity index is 1350. The first-order valence-electron chi connectivity index (χ1n) is 26.5. The minimum Gasteiger partial charge on any atom is -0.458 e. The zero-order valence-electron chi connectivity index (χ0n) is 41.7. The van der Waals surface area contributed by atoms with Gasteiger partial charge in [-0.25, -0.2) is 9.36 Å². The highest BCUT2D eigenvalue weighted by Gasteiger charge is 2.51. The van der Waals surface area contributed by atoms with Gasteiger partial charge in [0.15, 0.2) is 6.10 Å². The molecule has 67 heavy (non-hydrogen) atoms. The van der Waals surface area contributed by atoms with Crippen LogP contribution in [0.4, 0.5) is 0 Å². The molecule has 1 saturated carbocycles. The number of aliphatic hydroxyl groups excluding tert-OH is 5. The van der Waals surface area contributed by atoms with E-state index in [1.807, 2.05) is 12.2 Å². The smallest absolute Gasteiger partial charge is 0.458 e. The van der Waals surface area contributed by atoms with Gasteiger partial charge in [0.1, 0.15) is 43.2 Å². The van der Waals surface area contributed by atoms with Gasteiger partial charge < -0.3 is 39.9 Å². The van der Waals surface area contributed by atoms with E-state index in [4.69, 9.17) is 18.5 Å². The molecule has 0 aromatic heterocycles. The number of phosphoric acid groups is 1. The summed E-state index contributed by atoms with van der Waals surface area (Å²) in [6, 6.07) is 0. The van der Waals surface area contributed by atoms with Crippen LogP contribution in [0.1, 0.15) is 219 Å². The quantitative estimate of drug-likeness (QED) is 0.00839. The minimum absolute atomic E-state index is 0.0174. The molecule has 6 N–H and O–H groups in total. The van der Waals surface area contributed by atoms with Crippen molar-refractivity contribution in [3.8, 4) is 0 Å². The Morgan fingerprint density at radius 1 is 0.493 bits per heavy atom. The lowest BCUT2D eigenvalue weighted by molar-refractivity contribution is -0.220. The molecule has 0 aromatic rings. The molecule has 0 aliphatic heterocycles. The Labute approximate surface area is 405 Å². The molecule has 8 atom stereocenters. The second kappa shape index (κ2) is 42.7. The fraction of sp³-hybridized carbons (Fsp3) is 0.811. The van der Waals surface area contributed by atoms with Gasteiger partial charge >= 0.3 is 19.8 Å². The topological polar surface area (TPSA) is 210 Å². The fourth-order valence-corrected chi connectivity index (χ4v) is 8.96. The normalized spacial score (nSPS) is 21.5. The number of rotatable bonds is 44. The number of carbonyl (C=O) groups excluding carboxylic acids is 2. The van der Waals surface area contributed by atoms with Crippen molar-refractivity contribution in [1.29, 1.82) is 0 Å². The maximum Gasteiger partial charge on any atom is 0.472 e. The van der Waals surface area contributed by atoms with E-state index in [0.29, 0.717) is 12.8 Å². The molecule has 1 fully saturated rings. The van der Waals surface area contributed by atoms with Gasteiger partial charge in [0.25, 0.3) is 0 Å². The number of hydrogen-bond acceptors (Lipinski definition) is 12. The van der Waals surface area contributed by atoms with Crippen LogP contribution in [0.3, 0.4) is 0 Å². The summed E-state index contributed by atoms with van der Waals surface area (Å²) >= 11 is 0. The maximum atomic E-state index is 12.8. The van der Waals surface area contributed by atoms with E-state index < -0.39 is 75.7 Å². The number of carbonyl (C=O) groups is 2. The Hall–Kier alpha value is -2.19. The van der Waals surface area contributed by atoms with Crippen molar-refractivity contribution in [2.45, 2.75) is 262 Å². The van der Waals surface area contributed by atoms with Crippen LogP contribution in [-0.2, 0) is 32.7 Å². The zero-order chi connectivity index (χ0) is 49.2. The van der Waals surface area contributed by atoms with Crippen LogP contribution < -0.4 is 0 Å². The predicted molar refractivity (Wildman–Crippen MR) is 267 cm³/mol. The standard InChI is InChI=1S/C53H95O13P/c1-3-5-7-9-11-13-15-17-19-20-21-22-23-24-25-26-28-30-32-34-36-38-40-42-47(55)65-45(44-64-67(61,62)66-53-51(59)49(57)48(56)50(58)52(53)60)43-63-46(54)41-39-37-35-33-31-29-27-18-16-14-12-10-8-6-4-2/h26,28,34-37,39,41,45,48-53,56-60H,3-25,27,29-33,38,40,42-44H2,1-2H3,(H,61,62)/b28-26+,36-34+,37-35+,41-39+/t45-,48?,49-,50?,51?,52?,53?/m1/s1. The SMILES string of the molecule is CCCCCCCCCCCCC/C=C/C=C/C(=O)OC[C@H](COP(=O)(O)OC1C(O)C(O)C(O)[C@@H](O)C1O)OC(=O)CCC/C=C/CC/C=C/CCCCCCCCCCCCCCCC. The lowest BCUT2D eigenvalue weighted by Crippen LogP contribution is -2.64. The number of hydrogen-bond donors (Lipinski definition) is 6. The Kier molecular flexibility index (Phi) is 40.0. The summed E-state index contributed by atoms with van der Waals surface area (Å²) in [5.41, 5.74) is 0. The summed E-state index contributed by atoms with van der Waals surface area (Å²) in [4.78, 5) is 35.7. The third kappa shape index (κ3) is 34.7. The Morgan fingerprint density at radius 3 is 1.34 bits per heavy atom. The second-order valence-electron chi connectivity index (χ2n) is 18.4. The first kappa shape index (κ1) is 62.8. The molecule has 0 aromatic carbocycles. The van der Waals surface area contributed by atoms with Gasteiger partial charge in [0.2, 0.25) is 0 Å². The van der Waals surface area contributed by atoms with Crippen LogP contribution in [0.2, 0.25) is 0 Å². The van der Waals surface area contributed by atoms with Crippen molar-refractivity contribution >= 4 is 19.8 Å². The van der Waals surface area contributed by atoms with Gasteiger partial charge in [-0.2, -0.15) is 0 Å². The number of aliphatic hydroxyl groups is 5. The van der Waals surface area contributed by atoms with Crippen molar-refractivity contribution < 1.29 is 63.1 Å². The maximum absolute atomic E-state index is 12.8. The highest BCUT2D eigenvalue weighted by Crippen LogP contribution is 2.47. The molecular formula is C53H95O13P. The first-order chi connectivity index (χ1) is 32.4. The fourth-order valence-electron chi connectivity index (χ4n) is 7.99. The molecule has 1 rings (SSSR count). The van der Waals surface area contributed by atoms with Crippen molar-refractivity contribution in [3.05, 3.63) is 48.6 Å². The molecule has 1 aliphatic carbocycles. The van der Waals surface area contributed by atoms with Crippen molar-refractivity contribution in [2.24, 2.45) is 0 Å². The number of unbranched alkanes of at least 4 members (excludes halogenated alkanes) is 27. The van der Waals surface area contributed by atoms with Crippen molar-refractivity contribution in [1.82, 2.24) is 0 Å². The largest absolute Gasteiger partial charge is 0.472 e. The molecule has 0 bridgehead atoms. The van der Waals surface area contributed by atoms with E-state index in [0.717, 1.165) is 38.5 Å². The third-order valence-electron chi connectivity index (χ3n) is 12.2. The first-order valence-corrected chi connectivity index (χ1v) is 28.0. The van der Waals surface area contributed by atoms with E-state index in [1.165, 1.54) is 154 Å². The highest BCUT2D eigenvalue weighted by atomic mass is 31.2. The van der Waals surface area contributed by atoms with Crippen LogP contribution in [0.5, 0.6) is 0 Å². The molecule has 0 amide bonds. The van der Waals surface area contributed by atoms with Crippen LogP contribution in [0.25, 0.3) is 0 Å². The molecule has 390 valence electrons. The average molecular weight is 971 g/mol. The van der Waals surface area contributed by atoms with E-state index in [2.05, 4.69) is 32.1 Å². The van der Waals surface area contributed by atoms with Gasteiger partial charge in [0.05, 0.1) is 6.61 Å². The Balaban J connectivity index is 2.44. The number of phosphoric ester groups is 1. The van der Waals surface area contributed by atoms with Crippen LogP contribution in [0.15, 0.2) is 48.6 Å². The minimum atomic E-state index is -5.15. The van der Waals surface area contributed by atoms with E-state index in [9.17, 15) is 44.6 Å².